The largest absolute Gasteiger partial charge is 0.416 e. The van der Waals surface area contributed by atoms with Crippen LogP contribution in [0.3, 0.4) is 0 Å². The minimum Gasteiger partial charge on any atom is -0.304 e. The molecule has 0 spiro atoms. The third kappa shape index (κ3) is 4.01. The highest BCUT2D eigenvalue weighted by Gasteiger charge is 2.31. The molecule has 0 aliphatic carbocycles. The van der Waals surface area contributed by atoms with Gasteiger partial charge in [0.1, 0.15) is 5.82 Å². The fourth-order valence-corrected chi connectivity index (χ4v) is 2.21. The van der Waals surface area contributed by atoms with Gasteiger partial charge in [0.05, 0.1) is 17.7 Å². The molecule has 1 heterocycles. The van der Waals surface area contributed by atoms with Crippen LogP contribution >= 0.6 is 0 Å². The Morgan fingerprint density at radius 3 is 2.33 bits per heavy atom. The molecule has 3 nitrogen and oxygen atoms in total. The zero-order valence-electron chi connectivity index (χ0n) is 11.6. The number of benzene rings is 1. The molecule has 0 bridgehead atoms. The number of likely N-dealkylation sites (N-methyl/N-ethyl adjacent to an activating group) is 1. The maximum atomic E-state index is 13.7. The van der Waals surface area contributed by atoms with Crippen molar-refractivity contribution in [3.63, 3.8) is 0 Å². The average Bonchev–Trinajstić information content (AvgIpc) is 2.40. The molecule has 1 aromatic carbocycles. The number of alkyl halides is 3. The molecule has 7 heteroatoms. The van der Waals surface area contributed by atoms with E-state index >= 15 is 0 Å². The lowest BCUT2D eigenvalue weighted by atomic mass is 10.1. The molecule has 0 N–H and O–H groups in total. The quantitative estimate of drug-likeness (QED) is 0.632. The van der Waals surface area contributed by atoms with Crippen molar-refractivity contribution < 1.29 is 22.4 Å². The number of hydrogen-bond acceptors (Lipinski definition) is 3. The Morgan fingerprint density at radius 1 is 1.19 bits per heavy atom. The van der Waals surface area contributed by atoms with Gasteiger partial charge in [0.25, 0.3) is 0 Å². The van der Waals surface area contributed by atoms with E-state index in [9.17, 15) is 22.4 Å². The van der Waals surface area contributed by atoms with Crippen molar-refractivity contribution >= 4 is 5.78 Å². The Balaban J connectivity index is 2.06. The van der Waals surface area contributed by atoms with E-state index in [1.807, 2.05) is 11.9 Å². The lowest BCUT2D eigenvalue weighted by Gasteiger charge is -2.31. The van der Waals surface area contributed by atoms with E-state index < -0.39 is 23.3 Å². The highest BCUT2D eigenvalue weighted by atomic mass is 19.4. The first kappa shape index (κ1) is 15.9. The SMILES string of the molecule is CN1CCN(CC(=O)c2ccc(C(F)(F)F)cc2F)CC1. The summed E-state index contributed by atoms with van der Waals surface area (Å²) in [5.41, 5.74) is -1.38. The summed E-state index contributed by atoms with van der Waals surface area (Å²) in [7, 11) is 1.97. The second-order valence-electron chi connectivity index (χ2n) is 5.19. The lowest BCUT2D eigenvalue weighted by molar-refractivity contribution is -0.137. The number of carbonyl (C=O) groups excluding carboxylic acids is 1. The van der Waals surface area contributed by atoms with Crippen LogP contribution in [0, 0.1) is 5.82 Å². The molecular formula is C14H16F4N2O. The fraction of sp³-hybridized carbons (Fsp3) is 0.500. The number of ketones is 1. The highest BCUT2D eigenvalue weighted by molar-refractivity contribution is 5.97. The topological polar surface area (TPSA) is 23.6 Å². The lowest BCUT2D eigenvalue weighted by Crippen LogP contribution is -2.46. The number of carbonyl (C=O) groups is 1. The summed E-state index contributed by atoms with van der Waals surface area (Å²) >= 11 is 0. The Morgan fingerprint density at radius 2 is 1.81 bits per heavy atom. The van der Waals surface area contributed by atoms with Gasteiger partial charge in [-0.25, -0.2) is 4.39 Å². The molecule has 1 fully saturated rings. The molecule has 116 valence electrons. The Bertz CT molecular complexity index is 522. The van der Waals surface area contributed by atoms with Crippen LogP contribution in [0.25, 0.3) is 0 Å². The third-order valence-electron chi connectivity index (χ3n) is 3.56. The van der Waals surface area contributed by atoms with Crippen LogP contribution in [0.4, 0.5) is 17.6 Å². The van der Waals surface area contributed by atoms with E-state index in [1.165, 1.54) is 0 Å². The molecule has 0 atom stereocenters. The number of Topliss-reactive ketones (excluding diaryl/α,β-unsaturated/α-hetero) is 1. The van der Waals surface area contributed by atoms with Crippen LogP contribution in [0.15, 0.2) is 18.2 Å². The normalized spacial score (nSPS) is 18.0. The van der Waals surface area contributed by atoms with E-state index in [0.717, 1.165) is 25.2 Å². The molecule has 1 aromatic rings. The molecule has 0 aromatic heterocycles. The van der Waals surface area contributed by atoms with Gasteiger partial charge in [-0.3, -0.25) is 9.69 Å². The van der Waals surface area contributed by atoms with E-state index in [4.69, 9.17) is 0 Å². The predicted octanol–water partition coefficient (Wildman–Crippen LogP) is 2.27. The number of halogens is 4. The zero-order chi connectivity index (χ0) is 15.6. The van der Waals surface area contributed by atoms with E-state index in [0.29, 0.717) is 19.2 Å². The summed E-state index contributed by atoms with van der Waals surface area (Å²) in [5, 5.41) is 0. The van der Waals surface area contributed by atoms with Gasteiger partial charge in [0.2, 0.25) is 0 Å². The monoisotopic (exact) mass is 304 g/mol. The summed E-state index contributed by atoms with van der Waals surface area (Å²) in [6.45, 7) is 3.01. The molecule has 0 unspecified atom stereocenters. The van der Waals surface area contributed by atoms with Crippen molar-refractivity contribution in [2.45, 2.75) is 6.18 Å². The van der Waals surface area contributed by atoms with E-state index in [2.05, 4.69) is 4.90 Å². The second kappa shape index (κ2) is 6.11. The first-order chi connectivity index (χ1) is 9.77. The minimum absolute atomic E-state index is 0.0239. The number of nitrogens with zero attached hydrogens (tertiary/aromatic N) is 2. The first-order valence-corrected chi connectivity index (χ1v) is 6.58. The molecule has 1 saturated heterocycles. The van der Waals surface area contributed by atoms with Gasteiger partial charge >= 0.3 is 6.18 Å². The van der Waals surface area contributed by atoms with E-state index in [-0.39, 0.29) is 12.1 Å². The number of hydrogen-bond donors (Lipinski definition) is 0. The van der Waals surface area contributed by atoms with Crippen molar-refractivity contribution in [1.82, 2.24) is 9.80 Å². The Kier molecular flexibility index (Phi) is 4.63. The van der Waals surface area contributed by atoms with Crippen molar-refractivity contribution in [3.05, 3.63) is 35.1 Å². The standard InChI is InChI=1S/C14H16F4N2O/c1-19-4-6-20(7-5-19)9-13(21)11-3-2-10(8-12(11)15)14(16,17)18/h2-3,8H,4-7,9H2,1H3. The molecule has 21 heavy (non-hydrogen) atoms. The molecular weight excluding hydrogens is 288 g/mol. The Labute approximate surface area is 120 Å². The van der Waals surface area contributed by atoms with E-state index in [1.54, 1.807) is 0 Å². The smallest absolute Gasteiger partial charge is 0.304 e. The van der Waals surface area contributed by atoms with Crippen LogP contribution in [-0.2, 0) is 6.18 Å². The highest BCUT2D eigenvalue weighted by Crippen LogP contribution is 2.30. The van der Waals surface area contributed by atoms with Gasteiger partial charge in [-0.15, -0.1) is 0 Å². The van der Waals surface area contributed by atoms with Crippen LogP contribution in [-0.4, -0.2) is 55.4 Å². The third-order valence-corrected chi connectivity index (χ3v) is 3.56. The summed E-state index contributed by atoms with van der Waals surface area (Å²) in [6, 6.07) is 2.02. The summed E-state index contributed by atoms with van der Waals surface area (Å²) in [4.78, 5) is 16.0. The van der Waals surface area contributed by atoms with Crippen molar-refractivity contribution in [2.24, 2.45) is 0 Å². The van der Waals surface area contributed by atoms with Gasteiger partial charge in [-0.2, -0.15) is 13.2 Å². The van der Waals surface area contributed by atoms with Crippen LogP contribution < -0.4 is 0 Å². The average molecular weight is 304 g/mol. The van der Waals surface area contributed by atoms with Gasteiger partial charge in [0, 0.05) is 26.2 Å². The second-order valence-corrected chi connectivity index (χ2v) is 5.19. The number of piperazine rings is 1. The van der Waals surface area contributed by atoms with Gasteiger partial charge < -0.3 is 4.90 Å². The molecule has 1 aliphatic rings. The van der Waals surface area contributed by atoms with Crippen molar-refractivity contribution in [1.29, 1.82) is 0 Å². The molecule has 1 aliphatic heterocycles. The van der Waals surface area contributed by atoms with Crippen LogP contribution in [0.5, 0.6) is 0 Å². The first-order valence-electron chi connectivity index (χ1n) is 6.58. The molecule has 0 radical (unpaired) electrons. The number of rotatable bonds is 3. The van der Waals surface area contributed by atoms with Crippen molar-refractivity contribution in [2.75, 3.05) is 39.8 Å². The van der Waals surface area contributed by atoms with Crippen LogP contribution in [0.2, 0.25) is 0 Å². The van der Waals surface area contributed by atoms with Gasteiger partial charge in [-0.05, 0) is 25.2 Å². The summed E-state index contributed by atoms with van der Waals surface area (Å²) in [6.07, 6.45) is -4.61. The molecule has 0 amide bonds. The maximum Gasteiger partial charge on any atom is 0.416 e. The molecule has 0 saturated carbocycles. The Hall–Kier alpha value is -1.47. The van der Waals surface area contributed by atoms with Gasteiger partial charge in [-0.1, -0.05) is 0 Å². The summed E-state index contributed by atoms with van der Waals surface area (Å²) < 4.78 is 51.0. The maximum absolute atomic E-state index is 13.7. The zero-order valence-corrected chi connectivity index (χ0v) is 11.6. The van der Waals surface area contributed by atoms with Crippen molar-refractivity contribution in [3.8, 4) is 0 Å². The fourth-order valence-electron chi connectivity index (χ4n) is 2.21. The minimum atomic E-state index is -4.61. The predicted molar refractivity (Wildman–Crippen MR) is 69.7 cm³/mol. The summed E-state index contributed by atoms with van der Waals surface area (Å²) in [5.74, 6) is -1.62. The molecule has 2 rings (SSSR count). The van der Waals surface area contributed by atoms with Crippen LogP contribution in [0.1, 0.15) is 15.9 Å². The van der Waals surface area contributed by atoms with Gasteiger partial charge in [0.15, 0.2) is 5.78 Å².